The van der Waals surface area contributed by atoms with Crippen molar-refractivity contribution in [3.63, 3.8) is 0 Å². The molecule has 0 bridgehead atoms. The molecule has 3 N–H and O–H groups in total. The first-order chi connectivity index (χ1) is 9.54. The van der Waals surface area contributed by atoms with Crippen LogP contribution < -0.4 is 15.8 Å². The molecule has 0 heterocycles. The van der Waals surface area contributed by atoms with Crippen molar-refractivity contribution >= 4 is 17.5 Å². The second kappa shape index (κ2) is 7.82. The highest BCUT2D eigenvalue weighted by molar-refractivity contribution is 5.64. The number of hydrogen-bond acceptors (Lipinski definition) is 6. The highest BCUT2D eigenvalue weighted by Gasteiger charge is 2.15. The maximum atomic E-state index is 10.9. The van der Waals surface area contributed by atoms with Gasteiger partial charge >= 0.3 is 11.8 Å². The zero-order valence-corrected chi connectivity index (χ0v) is 11.1. The molecule has 1 aromatic rings. The number of primary amides is 1. The summed E-state index contributed by atoms with van der Waals surface area (Å²) in [6.07, 6.45) is -0.0937. The molecule has 110 valence electrons. The molecule has 0 aromatic heterocycles. The Hall–Kier alpha value is -2.51. The van der Waals surface area contributed by atoms with Crippen LogP contribution in [0.2, 0.25) is 0 Å². The van der Waals surface area contributed by atoms with Crippen LogP contribution >= 0.6 is 0 Å². The molecule has 0 saturated carbocycles. The minimum Gasteiger partial charge on any atom is -0.487 e. The lowest BCUT2D eigenvalue weighted by Gasteiger charge is -2.10. The number of carbonyl (C=O) groups is 1. The lowest BCUT2D eigenvalue weighted by atomic mass is 10.2. The summed E-state index contributed by atoms with van der Waals surface area (Å²) in [6, 6.07) is 4.46. The Morgan fingerprint density at radius 2 is 2.20 bits per heavy atom. The number of rotatable bonds is 8. The van der Waals surface area contributed by atoms with Crippen LogP contribution in [-0.4, -0.2) is 30.8 Å². The maximum Gasteiger partial charge on any atom is 0.404 e. The van der Waals surface area contributed by atoms with Crippen LogP contribution in [0.1, 0.15) is 13.3 Å². The van der Waals surface area contributed by atoms with Gasteiger partial charge in [-0.25, -0.2) is 4.79 Å². The molecule has 1 aromatic carbocycles. The van der Waals surface area contributed by atoms with Gasteiger partial charge in [-0.15, -0.1) is 0 Å². The van der Waals surface area contributed by atoms with Gasteiger partial charge in [-0.3, -0.25) is 10.1 Å². The second-order valence-corrected chi connectivity index (χ2v) is 3.88. The van der Waals surface area contributed by atoms with E-state index < -0.39 is 11.0 Å². The van der Waals surface area contributed by atoms with Gasteiger partial charge in [0.15, 0.2) is 5.75 Å². The van der Waals surface area contributed by atoms with E-state index in [0.29, 0.717) is 18.8 Å². The number of carbonyl (C=O) groups excluding carboxylic acids is 1. The summed E-state index contributed by atoms with van der Waals surface area (Å²) in [5.74, 6) is 0.206. The first kappa shape index (κ1) is 15.5. The van der Waals surface area contributed by atoms with Gasteiger partial charge in [0, 0.05) is 24.4 Å². The Labute approximate surface area is 116 Å². The lowest BCUT2D eigenvalue weighted by Crippen LogP contribution is -2.18. The van der Waals surface area contributed by atoms with E-state index in [0.717, 1.165) is 6.42 Å². The van der Waals surface area contributed by atoms with E-state index in [1.165, 1.54) is 12.1 Å². The molecule has 8 nitrogen and oxygen atoms in total. The second-order valence-electron chi connectivity index (χ2n) is 3.88. The van der Waals surface area contributed by atoms with Gasteiger partial charge in [0.2, 0.25) is 0 Å². The molecule has 1 rings (SSSR count). The van der Waals surface area contributed by atoms with Crippen molar-refractivity contribution in [2.45, 2.75) is 13.3 Å². The minimum absolute atomic E-state index is 0.0858. The van der Waals surface area contributed by atoms with E-state index >= 15 is 0 Å². The highest BCUT2D eigenvalue weighted by atomic mass is 16.6. The van der Waals surface area contributed by atoms with Crippen LogP contribution in [0.3, 0.4) is 0 Å². The number of nitrogens with one attached hydrogen (secondary N) is 1. The predicted octanol–water partition coefficient (Wildman–Crippen LogP) is 1.89. The van der Waals surface area contributed by atoms with E-state index in [4.69, 9.17) is 10.5 Å². The molecule has 1 amide bonds. The van der Waals surface area contributed by atoms with Crippen molar-refractivity contribution in [1.29, 1.82) is 0 Å². The average Bonchev–Trinajstić information content (AvgIpc) is 2.41. The summed E-state index contributed by atoms with van der Waals surface area (Å²) in [4.78, 5) is 20.8. The van der Waals surface area contributed by atoms with Crippen LogP contribution in [0.4, 0.5) is 16.2 Å². The number of amides is 1. The number of nitro groups is 1. The Morgan fingerprint density at radius 3 is 2.80 bits per heavy atom. The molecule has 0 aliphatic rings. The van der Waals surface area contributed by atoms with Gasteiger partial charge in [-0.2, -0.15) is 0 Å². The zero-order valence-electron chi connectivity index (χ0n) is 11.1. The van der Waals surface area contributed by atoms with E-state index in [2.05, 4.69) is 10.1 Å². The fourth-order valence-electron chi connectivity index (χ4n) is 1.45. The van der Waals surface area contributed by atoms with Crippen LogP contribution in [-0.2, 0) is 4.74 Å². The van der Waals surface area contributed by atoms with Crippen LogP contribution in [0, 0.1) is 10.1 Å². The summed E-state index contributed by atoms with van der Waals surface area (Å²) >= 11 is 0. The fourth-order valence-corrected chi connectivity index (χ4v) is 1.45. The number of nitrogens with two attached hydrogens (primary N) is 1. The van der Waals surface area contributed by atoms with Crippen molar-refractivity contribution in [3.8, 4) is 5.75 Å². The monoisotopic (exact) mass is 283 g/mol. The lowest BCUT2D eigenvalue weighted by molar-refractivity contribution is -0.385. The van der Waals surface area contributed by atoms with Gasteiger partial charge in [-0.05, 0) is 12.5 Å². The van der Waals surface area contributed by atoms with Crippen molar-refractivity contribution < 1.29 is 19.2 Å². The number of ether oxygens (including phenoxy) is 2. The number of nitrogens with zero attached hydrogens (tertiary/aromatic N) is 1. The normalized spacial score (nSPS) is 9.85. The topological polar surface area (TPSA) is 117 Å². The zero-order chi connectivity index (χ0) is 15.0. The molecule has 0 atom stereocenters. The van der Waals surface area contributed by atoms with Crippen LogP contribution in [0.25, 0.3) is 0 Å². The highest BCUT2D eigenvalue weighted by Crippen LogP contribution is 2.30. The number of anilines is 1. The fraction of sp³-hybridized carbons (Fsp3) is 0.417. The third kappa shape index (κ3) is 5.01. The standard InChI is InChI=1S/C12H17N3O5/c1-2-6-19-11-8-9(3-4-10(11)15(17)18)14-5-7-20-12(13)16/h3-4,8,14H,2,5-7H2,1H3,(H2,13,16). The summed E-state index contributed by atoms with van der Waals surface area (Å²) in [7, 11) is 0. The molecule has 0 fully saturated rings. The van der Waals surface area contributed by atoms with E-state index in [9.17, 15) is 14.9 Å². The molecule has 0 unspecified atom stereocenters. The first-order valence-corrected chi connectivity index (χ1v) is 6.12. The number of benzene rings is 1. The Balaban J connectivity index is 2.68. The van der Waals surface area contributed by atoms with E-state index in [-0.39, 0.29) is 18.0 Å². The Kier molecular flexibility index (Phi) is 6.08. The van der Waals surface area contributed by atoms with Gasteiger partial charge in [-0.1, -0.05) is 6.92 Å². The summed E-state index contributed by atoms with van der Waals surface area (Å²) in [6.45, 7) is 2.76. The third-order valence-electron chi connectivity index (χ3n) is 2.29. The SMILES string of the molecule is CCCOc1cc(NCCOC(N)=O)ccc1[N+](=O)[O-]. The summed E-state index contributed by atoms with van der Waals surface area (Å²) in [5.41, 5.74) is 5.37. The van der Waals surface area contributed by atoms with E-state index in [1.54, 1.807) is 6.07 Å². The van der Waals surface area contributed by atoms with Crippen molar-refractivity contribution in [2.24, 2.45) is 5.73 Å². The first-order valence-electron chi connectivity index (χ1n) is 6.12. The molecule has 0 spiro atoms. The van der Waals surface area contributed by atoms with E-state index in [1.807, 2.05) is 6.92 Å². The smallest absolute Gasteiger partial charge is 0.404 e. The van der Waals surface area contributed by atoms with Crippen LogP contribution in [0.15, 0.2) is 18.2 Å². The van der Waals surface area contributed by atoms with Crippen molar-refractivity contribution in [2.75, 3.05) is 25.1 Å². The summed E-state index contributed by atoms with van der Waals surface area (Å²) < 4.78 is 9.90. The molecule has 0 aliphatic heterocycles. The van der Waals surface area contributed by atoms with Gasteiger partial charge in [0.1, 0.15) is 6.61 Å². The van der Waals surface area contributed by atoms with Crippen molar-refractivity contribution in [1.82, 2.24) is 0 Å². The molecular formula is C12H17N3O5. The van der Waals surface area contributed by atoms with Gasteiger partial charge in [0.05, 0.1) is 11.5 Å². The Bertz CT molecular complexity index is 478. The predicted molar refractivity (Wildman–Crippen MR) is 72.9 cm³/mol. The Morgan fingerprint density at radius 1 is 1.45 bits per heavy atom. The van der Waals surface area contributed by atoms with Gasteiger partial charge in [0.25, 0.3) is 0 Å². The quantitative estimate of drug-likeness (QED) is 0.427. The maximum absolute atomic E-state index is 10.9. The summed E-state index contributed by atoms with van der Waals surface area (Å²) in [5, 5.41) is 13.8. The molecule has 0 saturated heterocycles. The molecule has 8 heteroatoms. The largest absolute Gasteiger partial charge is 0.487 e. The molecular weight excluding hydrogens is 266 g/mol. The number of nitro benzene ring substituents is 1. The minimum atomic E-state index is -0.845. The molecule has 0 aliphatic carbocycles. The molecule has 0 radical (unpaired) electrons. The third-order valence-corrected chi connectivity index (χ3v) is 2.29. The molecule has 20 heavy (non-hydrogen) atoms. The van der Waals surface area contributed by atoms with Crippen molar-refractivity contribution in [3.05, 3.63) is 28.3 Å². The van der Waals surface area contributed by atoms with Gasteiger partial charge < -0.3 is 20.5 Å². The van der Waals surface area contributed by atoms with Crippen LogP contribution in [0.5, 0.6) is 5.75 Å². The average molecular weight is 283 g/mol. The number of hydrogen-bond donors (Lipinski definition) is 2.